The highest BCUT2D eigenvalue weighted by Crippen LogP contribution is 2.23. The molecule has 1 atom stereocenters. The van der Waals surface area contributed by atoms with Gasteiger partial charge in [-0.15, -0.1) is 0 Å². The van der Waals surface area contributed by atoms with Crippen molar-refractivity contribution in [2.75, 3.05) is 18.9 Å². The number of anilines is 1. The summed E-state index contributed by atoms with van der Waals surface area (Å²) in [5.41, 5.74) is 6.25. The van der Waals surface area contributed by atoms with Crippen LogP contribution in [0.1, 0.15) is 23.2 Å². The fourth-order valence-electron chi connectivity index (χ4n) is 1.77. The standard InChI is InChI=1S/C12H14ClNO3/c13-9-4-1-5-10(14)11(9)12(15)17-7-8-3-2-6-16-8/h1,4-5,8H,2-3,6-7,14H2. The van der Waals surface area contributed by atoms with Gasteiger partial charge in [-0.2, -0.15) is 0 Å². The molecule has 0 saturated carbocycles. The number of nitrogens with two attached hydrogens (primary N) is 1. The summed E-state index contributed by atoms with van der Waals surface area (Å²) in [6.45, 7) is 0.986. The van der Waals surface area contributed by atoms with Gasteiger partial charge in [-0.05, 0) is 25.0 Å². The van der Waals surface area contributed by atoms with Crippen molar-refractivity contribution in [2.45, 2.75) is 18.9 Å². The van der Waals surface area contributed by atoms with Gasteiger partial charge in [-0.3, -0.25) is 0 Å². The molecular weight excluding hydrogens is 242 g/mol. The van der Waals surface area contributed by atoms with E-state index in [0.29, 0.717) is 10.7 Å². The van der Waals surface area contributed by atoms with E-state index in [1.54, 1.807) is 18.2 Å². The SMILES string of the molecule is Nc1cccc(Cl)c1C(=O)OCC1CCCO1. The molecule has 0 radical (unpaired) electrons. The van der Waals surface area contributed by atoms with Gasteiger partial charge in [-0.1, -0.05) is 17.7 Å². The lowest BCUT2D eigenvalue weighted by Crippen LogP contribution is -2.18. The average Bonchev–Trinajstić information content (AvgIpc) is 2.79. The Morgan fingerprint density at radius 2 is 2.41 bits per heavy atom. The van der Waals surface area contributed by atoms with Crippen molar-refractivity contribution in [3.63, 3.8) is 0 Å². The van der Waals surface area contributed by atoms with Crippen molar-refractivity contribution >= 4 is 23.3 Å². The molecule has 1 aliphatic rings. The van der Waals surface area contributed by atoms with Gasteiger partial charge in [0.05, 0.1) is 11.1 Å². The lowest BCUT2D eigenvalue weighted by atomic mass is 10.2. The minimum atomic E-state index is -0.497. The smallest absolute Gasteiger partial charge is 0.341 e. The van der Waals surface area contributed by atoms with Crippen LogP contribution in [-0.4, -0.2) is 25.3 Å². The molecule has 5 heteroatoms. The average molecular weight is 256 g/mol. The molecule has 0 spiro atoms. The minimum Gasteiger partial charge on any atom is -0.459 e. The Bertz CT molecular complexity index is 396. The Hall–Kier alpha value is -1.26. The van der Waals surface area contributed by atoms with E-state index in [0.717, 1.165) is 19.4 Å². The van der Waals surface area contributed by atoms with Crippen molar-refractivity contribution in [1.82, 2.24) is 0 Å². The Kier molecular flexibility index (Phi) is 3.86. The van der Waals surface area contributed by atoms with Crippen LogP contribution in [0.15, 0.2) is 18.2 Å². The maximum atomic E-state index is 11.8. The molecule has 1 unspecified atom stereocenters. The maximum Gasteiger partial charge on any atom is 0.341 e. The monoisotopic (exact) mass is 255 g/mol. The summed E-state index contributed by atoms with van der Waals surface area (Å²) >= 11 is 5.91. The lowest BCUT2D eigenvalue weighted by molar-refractivity contribution is 0.0162. The minimum absolute atomic E-state index is 0.00247. The van der Waals surface area contributed by atoms with Crippen molar-refractivity contribution in [1.29, 1.82) is 0 Å². The number of esters is 1. The summed E-state index contributed by atoms with van der Waals surface area (Å²) in [6.07, 6.45) is 1.93. The van der Waals surface area contributed by atoms with Crippen molar-refractivity contribution in [2.24, 2.45) is 0 Å². The first-order valence-electron chi connectivity index (χ1n) is 5.51. The quantitative estimate of drug-likeness (QED) is 0.665. The number of halogens is 1. The second kappa shape index (κ2) is 5.38. The fourth-order valence-corrected chi connectivity index (χ4v) is 2.03. The number of hydrogen-bond acceptors (Lipinski definition) is 4. The first-order valence-corrected chi connectivity index (χ1v) is 5.89. The predicted octanol–water partition coefficient (Wildman–Crippen LogP) is 2.26. The van der Waals surface area contributed by atoms with Crippen LogP contribution in [-0.2, 0) is 9.47 Å². The zero-order valence-corrected chi connectivity index (χ0v) is 10.1. The normalized spacial score (nSPS) is 19.2. The van der Waals surface area contributed by atoms with E-state index in [4.69, 9.17) is 26.8 Å². The molecule has 0 aromatic heterocycles. The summed E-state index contributed by atoms with van der Waals surface area (Å²) < 4.78 is 10.5. The molecule has 1 aromatic rings. The highest BCUT2D eigenvalue weighted by atomic mass is 35.5. The first kappa shape index (κ1) is 12.2. The summed E-state index contributed by atoms with van der Waals surface area (Å²) in [4.78, 5) is 11.8. The molecular formula is C12H14ClNO3. The third-order valence-electron chi connectivity index (χ3n) is 2.67. The number of carbonyl (C=O) groups is 1. The third-order valence-corrected chi connectivity index (χ3v) is 2.99. The summed E-state index contributed by atoms with van der Waals surface area (Å²) in [7, 11) is 0. The van der Waals surface area contributed by atoms with Crippen LogP contribution in [0.4, 0.5) is 5.69 Å². The van der Waals surface area contributed by atoms with E-state index in [2.05, 4.69) is 0 Å². The van der Waals surface area contributed by atoms with Crippen LogP contribution in [0.25, 0.3) is 0 Å². The molecule has 2 N–H and O–H groups in total. The molecule has 1 aromatic carbocycles. The zero-order chi connectivity index (χ0) is 12.3. The van der Waals surface area contributed by atoms with E-state index < -0.39 is 5.97 Å². The van der Waals surface area contributed by atoms with E-state index in [1.165, 1.54) is 0 Å². The third kappa shape index (κ3) is 2.90. The summed E-state index contributed by atoms with van der Waals surface area (Å²) in [6, 6.07) is 4.92. The lowest BCUT2D eigenvalue weighted by Gasteiger charge is -2.11. The number of rotatable bonds is 3. The highest BCUT2D eigenvalue weighted by molar-refractivity contribution is 6.34. The molecule has 0 aliphatic carbocycles. The summed E-state index contributed by atoms with van der Waals surface area (Å²) in [5, 5.41) is 0.308. The van der Waals surface area contributed by atoms with Crippen LogP contribution in [0, 0.1) is 0 Å². The number of nitrogen functional groups attached to an aromatic ring is 1. The predicted molar refractivity (Wildman–Crippen MR) is 65.1 cm³/mol. The molecule has 4 nitrogen and oxygen atoms in total. The van der Waals surface area contributed by atoms with Gasteiger partial charge in [0.25, 0.3) is 0 Å². The second-order valence-corrected chi connectivity index (χ2v) is 4.34. The number of benzene rings is 1. The molecule has 0 bridgehead atoms. The molecule has 1 aliphatic heterocycles. The number of hydrogen-bond donors (Lipinski definition) is 1. The van der Waals surface area contributed by atoms with Crippen LogP contribution in [0.5, 0.6) is 0 Å². The molecule has 1 fully saturated rings. The van der Waals surface area contributed by atoms with Gasteiger partial charge in [0.2, 0.25) is 0 Å². The van der Waals surface area contributed by atoms with Crippen LogP contribution in [0.3, 0.4) is 0 Å². The van der Waals surface area contributed by atoms with Gasteiger partial charge >= 0.3 is 5.97 Å². The highest BCUT2D eigenvalue weighted by Gasteiger charge is 2.20. The van der Waals surface area contributed by atoms with Gasteiger partial charge in [0.1, 0.15) is 12.2 Å². The first-order chi connectivity index (χ1) is 8.18. The topological polar surface area (TPSA) is 61.6 Å². The Balaban J connectivity index is 1.99. The van der Waals surface area contributed by atoms with Crippen molar-refractivity contribution < 1.29 is 14.3 Å². The van der Waals surface area contributed by atoms with Crippen molar-refractivity contribution in [3.05, 3.63) is 28.8 Å². The van der Waals surface area contributed by atoms with E-state index >= 15 is 0 Å². The molecule has 92 valence electrons. The largest absolute Gasteiger partial charge is 0.459 e. The number of ether oxygens (including phenoxy) is 2. The van der Waals surface area contributed by atoms with Crippen molar-refractivity contribution in [3.8, 4) is 0 Å². The maximum absolute atomic E-state index is 11.8. The molecule has 1 saturated heterocycles. The molecule has 2 rings (SSSR count). The van der Waals surface area contributed by atoms with E-state index in [1.807, 2.05) is 0 Å². The molecule has 17 heavy (non-hydrogen) atoms. The molecule has 0 amide bonds. The second-order valence-electron chi connectivity index (χ2n) is 3.94. The van der Waals surface area contributed by atoms with Crippen LogP contribution in [0.2, 0.25) is 5.02 Å². The summed E-state index contributed by atoms with van der Waals surface area (Å²) in [5.74, 6) is -0.497. The number of carbonyl (C=O) groups excluding carboxylic acids is 1. The zero-order valence-electron chi connectivity index (χ0n) is 9.32. The van der Waals surface area contributed by atoms with E-state index in [9.17, 15) is 4.79 Å². The fraction of sp³-hybridized carbons (Fsp3) is 0.417. The van der Waals surface area contributed by atoms with Crippen LogP contribution < -0.4 is 5.73 Å². The van der Waals surface area contributed by atoms with Gasteiger partial charge < -0.3 is 15.2 Å². The van der Waals surface area contributed by atoms with Crippen LogP contribution >= 0.6 is 11.6 Å². The van der Waals surface area contributed by atoms with Gasteiger partial charge in [0, 0.05) is 12.3 Å². The Labute approximate surface area is 105 Å². The Morgan fingerprint density at radius 3 is 3.06 bits per heavy atom. The van der Waals surface area contributed by atoms with Gasteiger partial charge in [-0.25, -0.2) is 4.79 Å². The molecule has 1 heterocycles. The Morgan fingerprint density at radius 1 is 1.59 bits per heavy atom. The van der Waals surface area contributed by atoms with E-state index in [-0.39, 0.29) is 18.3 Å². The van der Waals surface area contributed by atoms with Gasteiger partial charge in [0.15, 0.2) is 0 Å².